The second-order valence-electron chi connectivity index (χ2n) is 6.99. The fraction of sp³-hybridized carbons (Fsp3) is 0.130. The van der Waals surface area contributed by atoms with Crippen molar-refractivity contribution in [2.75, 3.05) is 12.4 Å². The van der Waals surface area contributed by atoms with E-state index in [1.807, 2.05) is 24.3 Å². The minimum atomic E-state index is -0.433. The lowest BCUT2D eigenvalue weighted by Gasteiger charge is -2.22. The van der Waals surface area contributed by atoms with Crippen molar-refractivity contribution < 1.29 is 4.92 Å². The Kier molecular flexibility index (Phi) is 7.45. The van der Waals surface area contributed by atoms with Crippen LogP contribution in [-0.4, -0.2) is 12.0 Å². The van der Waals surface area contributed by atoms with Crippen molar-refractivity contribution in [3.8, 4) is 0 Å². The summed E-state index contributed by atoms with van der Waals surface area (Å²) in [5.74, 6) is 0. The average Bonchev–Trinajstić information content (AvgIpc) is 2.79. The number of hydrogen-bond donors (Lipinski definition) is 3. The Morgan fingerprint density at radius 1 is 1.00 bits per heavy atom. The van der Waals surface area contributed by atoms with Crippen LogP contribution in [0.4, 0.5) is 11.4 Å². The second-order valence-corrected chi connectivity index (χ2v) is 7.86. The van der Waals surface area contributed by atoms with E-state index in [1.165, 1.54) is 6.07 Å². The number of hydrogen-bond acceptors (Lipinski definition) is 6. The van der Waals surface area contributed by atoms with E-state index in [0.29, 0.717) is 32.7 Å². The Morgan fingerprint density at radius 2 is 1.53 bits per heavy atom. The minimum absolute atomic E-state index is 0.0717. The molecule has 3 N–H and O–H groups in total. The van der Waals surface area contributed by atoms with Crippen LogP contribution >= 0.6 is 23.2 Å². The quantitative estimate of drug-likeness (QED) is 0.187. The van der Waals surface area contributed by atoms with Crippen molar-refractivity contribution >= 4 is 40.3 Å². The molecule has 0 aromatic heterocycles. The summed E-state index contributed by atoms with van der Waals surface area (Å²) in [4.78, 5) is 11.3. The summed E-state index contributed by atoms with van der Waals surface area (Å²) in [6.07, 6.45) is 0. The number of nitrogens with one attached hydrogen (secondary N) is 3. The molecule has 0 aliphatic carbocycles. The van der Waals surface area contributed by atoms with Crippen molar-refractivity contribution in [2.45, 2.75) is 13.0 Å². The Labute approximate surface area is 195 Å². The number of nitro benzene ring substituents is 1. The van der Waals surface area contributed by atoms with Gasteiger partial charge in [0.25, 0.3) is 5.69 Å². The van der Waals surface area contributed by atoms with Gasteiger partial charge in [-0.15, -0.1) is 0 Å². The summed E-state index contributed by atoms with van der Waals surface area (Å²) >= 11 is 12.1. The van der Waals surface area contributed by atoms with Crippen molar-refractivity contribution in [1.82, 2.24) is 5.32 Å². The number of halogens is 2. The Morgan fingerprint density at radius 3 is 1.97 bits per heavy atom. The average molecular weight is 470 g/mol. The first-order valence-electron chi connectivity index (χ1n) is 9.66. The van der Waals surface area contributed by atoms with Gasteiger partial charge in [0.1, 0.15) is 5.69 Å². The molecule has 0 saturated heterocycles. The normalized spacial score (nSPS) is 11.7. The molecule has 0 unspecified atom stereocenters. The number of rotatable bonds is 8. The Hall–Kier alpha value is -3.42. The topological polar surface area (TPSA) is 103 Å². The van der Waals surface area contributed by atoms with Crippen molar-refractivity contribution in [3.05, 3.63) is 109 Å². The van der Waals surface area contributed by atoms with Crippen LogP contribution in [0.1, 0.15) is 29.7 Å². The summed E-state index contributed by atoms with van der Waals surface area (Å²) in [7, 11) is 1.71. The molecule has 7 nitrogen and oxygen atoms in total. The summed E-state index contributed by atoms with van der Waals surface area (Å²) in [6.45, 7) is 1.69. The monoisotopic (exact) mass is 469 g/mol. The zero-order chi connectivity index (χ0) is 23.3. The molecule has 3 rings (SSSR count). The predicted molar refractivity (Wildman–Crippen MR) is 128 cm³/mol. The number of allylic oxidation sites excluding steroid dienone is 1. The summed E-state index contributed by atoms with van der Waals surface area (Å²) in [6, 6.07) is 18.9. The number of anilines is 1. The zero-order valence-electron chi connectivity index (χ0n) is 17.4. The third-order valence-electron chi connectivity index (χ3n) is 4.97. The first-order chi connectivity index (χ1) is 15.3. The lowest BCUT2D eigenvalue weighted by molar-refractivity contribution is -0.384. The van der Waals surface area contributed by atoms with Crippen LogP contribution in [0, 0.1) is 15.6 Å². The highest BCUT2D eigenvalue weighted by Gasteiger charge is 2.21. The van der Waals surface area contributed by atoms with Crippen LogP contribution in [0.25, 0.3) is 5.70 Å². The fourth-order valence-electron chi connectivity index (χ4n) is 3.38. The molecule has 0 aliphatic heterocycles. The van der Waals surface area contributed by atoms with Gasteiger partial charge >= 0.3 is 0 Å². The van der Waals surface area contributed by atoms with Crippen LogP contribution in [0.15, 0.2) is 77.5 Å². The van der Waals surface area contributed by atoms with Crippen molar-refractivity contribution in [1.29, 1.82) is 5.53 Å². The molecule has 3 aromatic carbocycles. The molecule has 0 radical (unpaired) electrons. The van der Waals surface area contributed by atoms with E-state index in [1.54, 1.807) is 50.4 Å². The van der Waals surface area contributed by atoms with Crippen LogP contribution in [-0.2, 0) is 0 Å². The summed E-state index contributed by atoms with van der Waals surface area (Å²) < 4.78 is 0. The molecule has 3 aromatic rings. The third-order valence-corrected chi connectivity index (χ3v) is 5.47. The number of nitrogens with zero attached hydrogens (tertiary/aromatic N) is 2. The molecule has 164 valence electrons. The number of nitro groups is 1. The largest absolute Gasteiger partial charge is 0.386 e. The van der Waals surface area contributed by atoms with E-state index >= 15 is 0 Å². The maximum atomic E-state index is 11.8. The fourth-order valence-corrected chi connectivity index (χ4v) is 3.63. The highest BCUT2D eigenvalue weighted by atomic mass is 35.5. The number of benzene rings is 3. The van der Waals surface area contributed by atoms with E-state index in [4.69, 9.17) is 28.7 Å². The van der Waals surface area contributed by atoms with E-state index < -0.39 is 11.0 Å². The zero-order valence-corrected chi connectivity index (χ0v) is 18.9. The molecule has 0 saturated carbocycles. The van der Waals surface area contributed by atoms with E-state index in [-0.39, 0.29) is 5.69 Å². The molecule has 0 spiro atoms. The molecule has 0 fully saturated rings. The van der Waals surface area contributed by atoms with Gasteiger partial charge < -0.3 is 10.6 Å². The van der Waals surface area contributed by atoms with Gasteiger partial charge in [-0.05, 0) is 54.4 Å². The van der Waals surface area contributed by atoms with Crippen LogP contribution in [0.3, 0.4) is 0 Å². The van der Waals surface area contributed by atoms with Gasteiger partial charge in [0.15, 0.2) is 0 Å². The molecule has 9 heteroatoms. The van der Waals surface area contributed by atoms with E-state index in [0.717, 1.165) is 11.1 Å². The Balaban J connectivity index is 2.14. The van der Waals surface area contributed by atoms with Crippen molar-refractivity contribution in [3.63, 3.8) is 0 Å². The lowest BCUT2D eigenvalue weighted by Crippen LogP contribution is -2.14. The van der Waals surface area contributed by atoms with Gasteiger partial charge in [-0.2, -0.15) is 5.11 Å². The van der Waals surface area contributed by atoms with Gasteiger partial charge in [0, 0.05) is 28.7 Å². The SMILES string of the molecule is CN/C(=C(/C)N=N)c1ccc([N+](=O)[O-])c(NC(c2ccc(Cl)cc2)c2ccc(Cl)cc2)c1. The summed E-state index contributed by atoms with van der Waals surface area (Å²) in [5, 5.41) is 22.8. The third kappa shape index (κ3) is 5.25. The molecular formula is C23H21Cl2N5O2. The lowest BCUT2D eigenvalue weighted by atomic mass is 9.97. The molecular weight excluding hydrogens is 449 g/mol. The molecule has 32 heavy (non-hydrogen) atoms. The molecule has 0 bridgehead atoms. The molecule has 0 amide bonds. The van der Waals surface area contributed by atoms with Gasteiger partial charge in [0.2, 0.25) is 0 Å². The first kappa shape index (κ1) is 23.2. The molecule has 0 aliphatic rings. The smallest absolute Gasteiger partial charge is 0.292 e. The first-order valence-corrected chi connectivity index (χ1v) is 10.4. The standard InChI is InChI=1S/C23H21Cl2N5O2/c1-14(29-26)22(27-2)17-7-12-21(30(31)32)20(13-17)28-23(15-3-8-18(24)9-4-15)16-5-10-19(25)11-6-16/h3-13,23,26-28H,1-2H3/b22-14-,29-26?. The highest BCUT2D eigenvalue weighted by Crippen LogP contribution is 2.35. The van der Waals surface area contributed by atoms with Gasteiger partial charge in [-0.25, -0.2) is 5.53 Å². The van der Waals surface area contributed by atoms with Crippen LogP contribution < -0.4 is 10.6 Å². The van der Waals surface area contributed by atoms with E-state index in [2.05, 4.69) is 15.7 Å². The van der Waals surface area contributed by atoms with Gasteiger partial charge in [-0.3, -0.25) is 10.1 Å². The second kappa shape index (κ2) is 10.3. The van der Waals surface area contributed by atoms with Gasteiger partial charge in [0.05, 0.1) is 22.4 Å². The predicted octanol–water partition coefficient (Wildman–Crippen LogP) is 7.04. The molecule has 0 atom stereocenters. The van der Waals surface area contributed by atoms with Gasteiger partial charge in [-0.1, -0.05) is 47.5 Å². The van der Waals surface area contributed by atoms with E-state index in [9.17, 15) is 10.1 Å². The maximum Gasteiger partial charge on any atom is 0.292 e. The highest BCUT2D eigenvalue weighted by molar-refractivity contribution is 6.30. The minimum Gasteiger partial charge on any atom is -0.386 e. The maximum absolute atomic E-state index is 11.8. The Bertz CT molecular complexity index is 1120. The molecule has 0 heterocycles. The summed E-state index contributed by atoms with van der Waals surface area (Å²) in [5.41, 5.74) is 11.0. The van der Waals surface area contributed by atoms with Crippen LogP contribution in [0.2, 0.25) is 10.0 Å². The van der Waals surface area contributed by atoms with Crippen LogP contribution in [0.5, 0.6) is 0 Å². The van der Waals surface area contributed by atoms with Crippen molar-refractivity contribution in [2.24, 2.45) is 5.11 Å².